The lowest BCUT2D eigenvalue weighted by Gasteiger charge is -2.16. The van der Waals surface area contributed by atoms with Crippen molar-refractivity contribution in [1.29, 1.82) is 0 Å². The molecule has 1 heterocycles. The number of para-hydroxylation sites is 1. The van der Waals surface area contributed by atoms with Crippen molar-refractivity contribution in [3.05, 3.63) is 41.3 Å². The number of hydrogen-bond acceptors (Lipinski definition) is 6. The van der Waals surface area contributed by atoms with Crippen LogP contribution >= 0.6 is 0 Å². The molecule has 2 rings (SSSR count). The van der Waals surface area contributed by atoms with E-state index in [1.807, 2.05) is 5.32 Å². The number of rotatable bonds is 3. The summed E-state index contributed by atoms with van der Waals surface area (Å²) in [5.74, 6) is -6.56. The minimum absolute atomic E-state index is 0.0964. The highest BCUT2D eigenvalue weighted by Gasteiger charge is 2.60. The van der Waals surface area contributed by atoms with Crippen molar-refractivity contribution in [1.82, 2.24) is 4.98 Å². The van der Waals surface area contributed by atoms with Gasteiger partial charge in [0.05, 0.1) is 5.56 Å². The number of halogens is 5. The van der Waals surface area contributed by atoms with E-state index in [0.29, 0.717) is 5.56 Å². The molecule has 12 heteroatoms. The molecular formula is C14H9F5N2O5. The van der Waals surface area contributed by atoms with Gasteiger partial charge in [0.2, 0.25) is 0 Å². The molecule has 1 aromatic heterocycles. The fourth-order valence-corrected chi connectivity index (χ4v) is 1.63. The number of carbonyl (C=O) groups is 1. The molecule has 0 saturated carbocycles. The first-order valence-electron chi connectivity index (χ1n) is 6.45. The van der Waals surface area contributed by atoms with Crippen LogP contribution in [0.25, 0.3) is 0 Å². The van der Waals surface area contributed by atoms with Crippen molar-refractivity contribution in [3.63, 3.8) is 0 Å². The molecular weight excluding hydrogens is 371 g/mol. The highest BCUT2D eigenvalue weighted by Crippen LogP contribution is 2.43. The molecule has 140 valence electrons. The van der Waals surface area contributed by atoms with Crippen LogP contribution in [-0.2, 0) is 15.5 Å². The quantitative estimate of drug-likeness (QED) is 0.793. The molecule has 0 unspecified atom stereocenters. The minimum Gasteiger partial charge on any atom is -0.507 e. The second kappa shape index (κ2) is 7.74. The maximum Gasteiger partial charge on any atom is 0.459 e. The largest absolute Gasteiger partial charge is 0.507 e. The number of amides is 1. The first-order chi connectivity index (χ1) is 12.0. The molecule has 0 bridgehead atoms. The fourth-order valence-electron chi connectivity index (χ4n) is 1.63. The maximum atomic E-state index is 13.1. The molecule has 0 aliphatic heterocycles. The van der Waals surface area contributed by atoms with Crippen LogP contribution < -0.4 is 5.32 Å². The second-order valence-corrected chi connectivity index (χ2v) is 4.62. The van der Waals surface area contributed by atoms with Gasteiger partial charge in [-0.3, -0.25) is 10.1 Å². The fraction of sp³-hybridized carbons (Fsp3) is 0.214. The lowest BCUT2D eigenvalue weighted by Crippen LogP contribution is -2.34. The zero-order chi connectivity index (χ0) is 20.1. The van der Waals surface area contributed by atoms with E-state index in [1.54, 1.807) is 0 Å². The standard InChI is InChI=1S/C13H9F5N2O3.CO2/c1-6-3-2-4-7(9(6)21)10(22)20-11-19-8(5-23-11)12(14,15)13(16,17)18;2-1-3/h2-5,21H,1H3,(H,19,20,22);. The van der Waals surface area contributed by atoms with Gasteiger partial charge < -0.3 is 9.52 Å². The van der Waals surface area contributed by atoms with Crippen LogP contribution in [0, 0.1) is 6.92 Å². The summed E-state index contributed by atoms with van der Waals surface area (Å²) >= 11 is 0. The van der Waals surface area contributed by atoms with Crippen LogP contribution in [0.2, 0.25) is 0 Å². The van der Waals surface area contributed by atoms with E-state index in [9.17, 15) is 31.9 Å². The summed E-state index contributed by atoms with van der Waals surface area (Å²) in [7, 11) is 0. The van der Waals surface area contributed by atoms with Gasteiger partial charge in [0.15, 0.2) is 5.69 Å². The molecule has 0 atom stereocenters. The minimum atomic E-state index is -5.85. The van der Waals surface area contributed by atoms with Crippen molar-refractivity contribution in [3.8, 4) is 5.75 Å². The van der Waals surface area contributed by atoms with Gasteiger partial charge in [-0.1, -0.05) is 12.1 Å². The first-order valence-corrected chi connectivity index (χ1v) is 6.45. The van der Waals surface area contributed by atoms with Gasteiger partial charge in [-0.25, -0.2) is 0 Å². The van der Waals surface area contributed by atoms with E-state index in [4.69, 9.17) is 9.59 Å². The Balaban J connectivity index is 0.00000105. The summed E-state index contributed by atoms with van der Waals surface area (Å²) in [5.41, 5.74) is -1.53. The number of phenolic OH excluding ortho intramolecular Hbond substituents is 1. The molecule has 2 aromatic rings. The summed E-state index contributed by atoms with van der Waals surface area (Å²) in [4.78, 5) is 31.0. The Morgan fingerprint density at radius 2 is 1.81 bits per heavy atom. The monoisotopic (exact) mass is 380 g/mol. The van der Waals surface area contributed by atoms with Gasteiger partial charge in [-0.15, -0.1) is 0 Å². The molecule has 0 aliphatic rings. The summed E-state index contributed by atoms with van der Waals surface area (Å²) < 4.78 is 67.1. The predicted molar refractivity (Wildman–Crippen MR) is 72.3 cm³/mol. The SMILES string of the molecule is Cc1cccc(C(=O)Nc2nc(C(F)(F)C(F)(F)F)co2)c1O.O=C=O. The number of alkyl halides is 5. The second-order valence-electron chi connectivity index (χ2n) is 4.62. The third kappa shape index (κ3) is 4.42. The molecule has 0 radical (unpaired) electrons. The zero-order valence-electron chi connectivity index (χ0n) is 12.7. The topological polar surface area (TPSA) is 110 Å². The van der Waals surface area contributed by atoms with Crippen LogP contribution in [0.1, 0.15) is 21.6 Å². The molecule has 0 spiro atoms. The van der Waals surface area contributed by atoms with Gasteiger partial charge in [0.1, 0.15) is 12.0 Å². The van der Waals surface area contributed by atoms with Gasteiger partial charge in [-0.2, -0.15) is 36.5 Å². The molecule has 2 N–H and O–H groups in total. The summed E-state index contributed by atoms with van der Waals surface area (Å²) in [5, 5.41) is 11.6. The lowest BCUT2D eigenvalue weighted by molar-refractivity contribution is -0.290. The number of oxazole rings is 1. The van der Waals surface area contributed by atoms with Crippen LogP contribution in [-0.4, -0.2) is 28.3 Å². The number of nitrogens with zero attached hydrogens (tertiary/aromatic N) is 1. The summed E-state index contributed by atoms with van der Waals surface area (Å²) in [6, 6.07) is 3.34. The number of anilines is 1. The van der Waals surface area contributed by atoms with E-state index < -0.39 is 29.7 Å². The average molecular weight is 380 g/mol. The van der Waals surface area contributed by atoms with Crippen molar-refractivity contribution < 1.29 is 45.9 Å². The van der Waals surface area contributed by atoms with Crippen LogP contribution in [0.5, 0.6) is 5.75 Å². The zero-order valence-corrected chi connectivity index (χ0v) is 12.7. The van der Waals surface area contributed by atoms with Crippen molar-refractivity contribution in [2.45, 2.75) is 19.0 Å². The van der Waals surface area contributed by atoms with Crippen molar-refractivity contribution in [2.75, 3.05) is 5.32 Å². The molecule has 0 fully saturated rings. The number of aromatic hydroxyl groups is 1. The third-order valence-electron chi connectivity index (χ3n) is 2.88. The smallest absolute Gasteiger partial charge is 0.459 e. The van der Waals surface area contributed by atoms with E-state index in [1.165, 1.54) is 25.1 Å². The van der Waals surface area contributed by atoms with Gasteiger partial charge in [0, 0.05) is 0 Å². The number of aromatic nitrogens is 1. The number of carbonyl (C=O) groups excluding carboxylic acids is 3. The lowest BCUT2D eigenvalue weighted by atomic mass is 10.1. The number of hydrogen-bond donors (Lipinski definition) is 2. The van der Waals surface area contributed by atoms with Crippen molar-refractivity contribution in [2.24, 2.45) is 0 Å². The number of nitrogens with one attached hydrogen (secondary N) is 1. The predicted octanol–water partition coefficient (Wildman–Crippen LogP) is 3.01. The molecule has 0 saturated heterocycles. The van der Waals surface area contributed by atoms with Crippen LogP contribution in [0.3, 0.4) is 0 Å². The van der Waals surface area contributed by atoms with E-state index in [2.05, 4.69) is 9.40 Å². The average Bonchev–Trinajstić information content (AvgIpc) is 2.98. The highest BCUT2D eigenvalue weighted by atomic mass is 19.4. The molecule has 7 nitrogen and oxygen atoms in total. The number of phenols is 1. The normalized spacial score (nSPS) is 11.2. The Kier molecular flexibility index (Phi) is 6.19. The Labute approximate surface area is 141 Å². The third-order valence-corrected chi connectivity index (χ3v) is 2.88. The maximum absolute atomic E-state index is 13.1. The van der Waals surface area contributed by atoms with Crippen LogP contribution in [0.4, 0.5) is 28.0 Å². The van der Waals surface area contributed by atoms with E-state index in [-0.39, 0.29) is 23.7 Å². The molecule has 1 aromatic carbocycles. The van der Waals surface area contributed by atoms with Crippen molar-refractivity contribution >= 4 is 18.1 Å². The van der Waals surface area contributed by atoms with E-state index in [0.717, 1.165) is 0 Å². The highest BCUT2D eigenvalue weighted by molar-refractivity contribution is 6.05. The number of aryl methyl sites for hydroxylation is 1. The van der Waals surface area contributed by atoms with E-state index >= 15 is 0 Å². The van der Waals surface area contributed by atoms with Gasteiger partial charge >= 0.3 is 24.3 Å². The summed E-state index contributed by atoms with van der Waals surface area (Å²) in [6.07, 6.45) is -5.50. The first kappa shape index (κ1) is 20.8. The molecule has 1 amide bonds. The number of benzene rings is 1. The van der Waals surface area contributed by atoms with Gasteiger partial charge in [-0.05, 0) is 18.6 Å². The Hall–Kier alpha value is -3.27. The Bertz CT molecular complexity index is 825. The summed E-state index contributed by atoms with van der Waals surface area (Å²) in [6.45, 7) is 1.51. The molecule has 26 heavy (non-hydrogen) atoms. The van der Waals surface area contributed by atoms with Crippen LogP contribution in [0.15, 0.2) is 28.9 Å². The Morgan fingerprint density at radius 1 is 1.23 bits per heavy atom. The Morgan fingerprint density at radius 3 is 2.35 bits per heavy atom. The molecule has 0 aliphatic carbocycles. The van der Waals surface area contributed by atoms with Gasteiger partial charge in [0.25, 0.3) is 5.91 Å².